The van der Waals surface area contributed by atoms with Crippen molar-refractivity contribution in [1.82, 2.24) is 9.78 Å². The lowest BCUT2D eigenvalue weighted by atomic mass is 10.3. The molecule has 24 heavy (non-hydrogen) atoms. The molecule has 0 amide bonds. The van der Waals surface area contributed by atoms with Gasteiger partial charge in [0.2, 0.25) is 0 Å². The molecule has 130 valence electrons. The summed E-state index contributed by atoms with van der Waals surface area (Å²) in [5, 5.41) is 6.87. The molecule has 1 aromatic heterocycles. The van der Waals surface area contributed by atoms with Gasteiger partial charge >= 0.3 is 0 Å². The van der Waals surface area contributed by atoms with Crippen LogP contribution in [-0.4, -0.2) is 26.8 Å². The van der Waals surface area contributed by atoms with Crippen LogP contribution in [0.15, 0.2) is 29.2 Å². The molecule has 2 aromatic rings. The van der Waals surface area contributed by atoms with E-state index in [1.54, 1.807) is 11.8 Å². The first kappa shape index (κ1) is 18.7. The zero-order valence-electron chi connectivity index (χ0n) is 13.6. The Morgan fingerprint density at radius 3 is 2.67 bits per heavy atom. The van der Waals surface area contributed by atoms with Gasteiger partial charge in [0.25, 0.3) is 5.56 Å². The quantitative estimate of drug-likeness (QED) is 0.801. The number of benzene rings is 1. The Balaban J connectivity index is 2.18. The number of anilines is 1. The van der Waals surface area contributed by atoms with E-state index in [-0.39, 0.29) is 15.5 Å². The highest BCUT2D eigenvalue weighted by atomic mass is 35.5. The fraction of sp³-hybridized carbons (Fsp3) is 0.375. The molecule has 2 rings (SSSR count). The fourth-order valence-corrected chi connectivity index (χ4v) is 2.94. The molecule has 1 N–H and O–H groups in total. The number of thioether (sulfide) groups is 1. The summed E-state index contributed by atoms with van der Waals surface area (Å²) >= 11 is 7.83. The van der Waals surface area contributed by atoms with E-state index in [4.69, 9.17) is 11.6 Å². The summed E-state index contributed by atoms with van der Waals surface area (Å²) in [7, 11) is 0. The van der Waals surface area contributed by atoms with Crippen LogP contribution in [0.1, 0.15) is 20.8 Å². The summed E-state index contributed by atoms with van der Waals surface area (Å²) in [5.74, 6) is -0.789. The molecule has 1 heterocycles. The molecule has 1 aromatic carbocycles. The van der Waals surface area contributed by atoms with Gasteiger partial charge in [-0.15, -0.1) is 0 Å². The van der Waals surface area contributed by atoms with Crippen molar-refractivity contribution in [1.29, 1.82) is 0 Å². The summed E-state index contributed by atoms with van der Waals surface area (Å²) < 4.78 is 27.7. The average molecular weight is 374 g/mol. The molecule has 0 saturated carbocycles. The maximum absolute atomic E-state index is 13.8. The number of nitrogens with zero attached hydrogens (tertiary/aromatic N) is 2. The number of halogens is 3. The van der Waals surface area contributed by atoms with Gasteiger partial charge in [0, 0.05) is 23.1 Å². The molecule has 0 aliphatic carbocycles. The molecule has 0 bridgehead atoms. The van der Waals surface area contributed by atoms with Crippen LogP contribution in [0, 0.1) is 11.6 Å². The highest BCUT2D eigenvalue weighted by molar-refractivity contribution is 8.00. The summed E-state index contributed by atoms with van der Waals surface area (Å²) in [4.78, 5) is 12.3. The van der Waals surface area contributed by atoms with Gasteiger partial charge in [-0.05, 0) is 12.1 Å². The first-order valence-electron chi connectivity index (χ1n) is 7.30. The van der Waals surface area contributed by atoms with Crippen LogP contribution in [-0.2, 0) is 0 Å². The molecule has 8 heteroatoms. The number of rotatable bonds is 5. The van der Waals surface area contributed by atoms with Gasteiger partial charge in [0.15, 0.2) is 5.82 Å². The Morgan fingerprint density at radius 2 is 2.04 bits per heavy atom. The third kappa shape index (κ3) is 4.70. The zero-order chi connectivity index (χ0) is 17.9. The summed E-state index contributed by atoms with van der Waals surface area (Å²) in [6, 6.07) is 2.88. The topological polar surface area (TPSA) is 46.9 Å². The highest BCUT2D eigenvalue weighted by Gasteiger charge is 2.14. The standard InChI is InChI=1S/C16H18ClF2N3OS/c1-16(2,3)24-7-6-20-12-9-21-22(15(23)14(12)17)13-5-4-10(18)8-11(13)19/h4-5,8-9,20H,6-7H2,1-3H3. The van der Waals surface area contributed by atoms with Crippen molar-refractivity contribution in [2.24, 2.45) is 0 Å². The Morgan fingerprint density at radius 1 is 1.33 bits per heavy atom. The Bertz CT molecular complexity index is 790. The van der Waals surface area contributed by atoms with Crippen molar-refractivity contribution in [3.05, 3.63) is 51.4 Å². The lowest BCUT2D eigenvalue weighted by Gasteiger charge is -2.18. The van der Waals surface area contributed by atoms with E-state index in [2.05, 4.69) is 31.2 Å². The Kier molecular flexibility index (Phi) is 5.87. The predicted octanol–water partition coefficient (Wildman–Crippen LogP) is 4.11. The van der Waals surface area contributed by atoms with E-state index >= 15 is 0 Å². The lowest BCUT2D eigenvalue weighted by Crippen LogP contribution is -2.24. The molecule has 0 aliphatic heterocycles. The zero-order valence-corrected chi connectivity index (χ0v) is 15.1. The molecule has 0 unspecified atom stereocenters. The normalized spacial score (nSPS) is 11.6. The fourth-order valence-electron chi connectivity index (χ4n) is 1.92. The van der Waals surface area contributed by atoms with Gasteiger partial charge in [-0.2, -0.15) is 21.5 Å². The number of nitrogens with one attached hydrogen (secondary N) is 1. The highest BCUT2D eigenvalue weighted by Crippen LogP contribution is 2.23. The average Bonchev–Trinajstić information content (AvgIpc) is 2.48. The van der Waals surface area contributed by atoms with Gasteiger partial charge in [-0.3, -0.25) is 4.79 Å². The number of hydrogen-bond donors (Lipinski definition) is 1. The minimum Gasteiger partial charge on any atom is -0.382 e. The molecule has 0 fully saturated rings. The van der Waals surface area contributed by atoms with Gasteiger partial charge in [-0.1, -0.05) is 32.4 Å². The third-order valence-corrected chi connectivity index (χ3v) is 4.65. The smallest absolute Gasteiger partial charge is 0.292 e. The number of aromatic nitrogens is 2. The van der Waals surface area contributed by atoms with Crippen LogP contribution in [0.4, 0.5) is 14.5 Å². The monoisotopic (exact) mass is 373 g/mol. The van der Waals surface area contributed by atoms with Crippen LogP contribution in [0.3, 0.4) is 0 Å². The number of hydrogen-bond acceptors (Lipinski definition) is 4. The van der Waals surface area contributed by atoms with Crippen molar-refractivity contribution in [3.8, 4) is 5.69 Å². The second kappa shape index (κ2) is 7.53. The van der Waals surface area contributed by atoms with Crippen LogP contribution >= 0.6 is 23.4 Å². The third-order valence-electron chi connectivity index (χ3n) is 3.01. The van der Waals surface area contributed by atoms with E-state index in [9.17, 15) is 13.6 Å². The summed E-state index contributed by atoms with van der Waals surface area (Å²) in [6.45, 7) is 6.96. The largest absolute Gasteiger partial charge is 0.382 e. The van der Waals surface area contributed by atoms with Crippen LogP contribution < -0.4 is 10.9 Å². The Labute approximate surface area is 148 Å². The molecule has 0 atom stereocenters. The molecule has 0 radical (unpaired) electrons. The first-order valence-corrected chi connectivity index (χ1v) is 8.66. The minimum atomic E-state index is -0.886. The van der Waals surface area contributed by atoms with Gasteiger partial charge < -0.3 is 5.32 Å². The van der Waals surface area contributed by atoms with Crippen LogP contribution in [0.5, 0.6) is 0 Å². The second-order valence-corrected chi connectivity index (χ2v) is 8.37. The van der Waals surface area contributed by atoms with Gasteiger partial charge in [0.05, 0.1) is 11.9 Å². The maximum atomic E-state index is 13.8. The van der Waals surface area contributed by atoms with Crippen LogP contribution in [0.2, 0.25) is 5.02 Å². The molecular weight excluding hydrogens is 356 g/mol. The van der Waals surface area contributed by atoms with Crippen molar-refractivity contribution in [3.63, 3.8) is 0 Å². The Hall–Kier alpha value is -1.60. The SMILES string of the molecule is CC(C)(C)SCCNc1cnn(-c2ccc(F)cc2F)c(=O)c1Cl. The molecule has 0 aliphatic rings. The van der Waals surface area contributed by atoms with E-state index in [0.29, 0.717) is 18.3 Å². The van der Waals surface area contributed by atoms with E-state index < -0.39 is 17.2 Å². The molecule has 0 saturated heterocycles. The molecule has 0 spiro atoms. The first-order chi connectivity index (χ1) is 11.2. The van der Waals surface area contributed by atoms with Gasteiger partial charge in [-0.25, -0.2) is 8.78 Å². The van der Waals surface area contributed by atoms with Crippen LogP contribution in [0.25, 0.3) is 5.69 Å². The van der Waals surface area contributed by atoms with E-state index in [0.717, 1.165) is 22.6 Å². The summed E-state index contributed by atoms with van der Waals surface area (Å²) in [6.07, 6.45) is 1.36. The minimum absolute atomic E-state index is 0.0884. The lowest BCUT2D eigenvalue weighted by molar-refractivity contribution is 0.571. The molecular formula is C16H18ClF2N3OS. The molecule has 4 nitrogen and oxygen atoms in total. The van der Waals surface area contributed by atoms with Crippen molar-refractivity contribution in [2.45, 2.75) is 25.5 Å². The van der Waals surface area contributed by atoms with E-state index in [1.165, 1.54) is 6.20 Å². The van der Waals surface area contributed by atoms with Crippen molar-refractivity contribution >= 4 is 29.1 Å². The van der Waals surface area contributed by atoms with Crippen molar-refractivity contribution < 1.29 is 8.78 Å². The second-order valence-electron chi connectivity index (χ2n) is 6.07. The predicted molar refractivity (Wildman–Crippen MR) is 95.5 cm³/mol. The summed E-state index contributed by atoms with van der Waals surface area (Å²) in [5.41, 5.74) is -0.441. The van der Waals surface area contributed by atoms with Gasteiger partial charge in [0.1, 0.15) is 16.5 Å². The van der Waals surface area contributed by atoms with Crippen molar-refractivity contribution in [2.75, 3.05) is 17.6 Å². The van der Waals surface area contributed by atoms with E-state index in [1.807, 2.05) is 0 Å². The maximum Gasteiger partial charge on any atom is 0.292 e.